The lowest BCUT2D eigenvalue weighted by Gasteiger charge is -2.21. The minimum atomic E-state index is 0.480. The van der Waals surface area contributed by atoms with Gasteiger partial charge in [0.2, 0.25) is 0 Å². The molecule has 5 aromatic rings. The topological polar surface area (TPSA) is 95.2 Å². The molecule has 0 unspecified atom stereocenters. The average molecular weight is 442 g/mol. The highest BCUT2D eigenvalue weighted by molar-refractivity contribution is 7.16. The minimum absolute atomic E-state index is 0.480. The first-order valence-corrected chi connectivity index (χ1v) is 11.6. The Hall–Kier alpha value is -3.36. The van der Waals surface area contributed by atoms with Gasteiger partial charge in [-0.15, -0.1) is 11.3 Å². The number of allylic oxidation sites excluding steroid dienone is 1. The van der Waals surface area contributed by atoms with E-state index < -0.39 is 0 Å². The molecule has 8 heteroatoms. The normalized spacial score (nSPS) is 15.0. The van der Waals surface area contributed by atoms with Crippen molar-refractivity contribution in [3.8, 4) is 22.0 Å². The number of hydrogen-bond acceptors (Lipinski definition) is 6. The van der Waals surface area contributed by atoms with Crippen molar-refractivity contribution < 1.29 is 0 Å². The van der Waals surface area contributed by atoms with Crippen LogP contribution in [0.4, 0.5) is 0 Å². The lowest BCUT2D eigenvalue weighted by atomic mass is 9.93. The van der Waals surface area contributed by atoms with E-state index in [-0.39, 0.29) is 0 Å². The maximum atomic E-state index is 4.78. The summed E-state index contributed by atoms with van der Waals surface area (Å²) in [6.45, 7) is 8.17. The van der Waals surface area contributed by atoms with Crippen LogP contribution < -0.4 is 5.32 Å². The first-order chi connectivity index (χ1) is 15.7. The zero-order valence-corrected chi connectivity index (χ0v) is 18.6. The summed E-state index contributed by atoms with van der Waals surface area (Å²) in [6.07, 6.45) is 5.91. The second kappa shape index (κ2) is 7.65. The molecule has 0 bridgehead atoms. The molecule has 1 aliphatic heterocycles. The first-order valence-electron chi connectivity index (χ1n) is 10.8. The molecule has 0 amide bonds. The Morgan fingerprint density at radius 2 is 2.03 bits per heavy atom. The Labute approximate surface area is 189 Å². The molecule has 32 heavy (non-hydrogen) atoms. The summed E-state index contributed by atoms with van der Waals surface area (Å²) < 4.78 is 0. The number of nitrogens with one attached hydrogen (secondary N) is 3. The molecule has 6 heterocycles. The minimum Gasteiger partial charge on any atom is -0.335 e. The van der Waals surface area contributed by atoms with Gasteiger partial charge in [-0.3, -0.25) is 10.1 Å². The second-order valence-corrected chi connectivity index (χ2v) is 9.42. The van der Waals surface area contributed by atoms with E-state index in [4.69, 9.17) is 9.97 Å². The first kappa shape index (κ1) is 19.3. The van der Waals surface area contributed by atoms with E-state index in [1.165, 1.54) is 4.88 Å². The Morgan fingerprint density at radius 3 is 2.84 bits per heavy atom. The molecule has 6 rings (SSSR count). The molecule has 0 aromatic carbocycles. The van der Waals surface area contributed by atoms with Gasteiger partial charge in [0, 0.05) is 38.5 Å². The summed E-state index contributed by atoms with van der Waals surface area (Å²) in [5.74, 6) is 1.19. The maximum absolute atomic E-state index is 4.78. The molecule has 0 atom stereocenters. The van der Waals surface area contributed by atoms with Gasteiger partial charge in [-0.2, -0.15) is 5.10 Å². The van der Waals surface area contributed by atoms with Gasteiger partial charge in [-0.25, -0.2) is 9.97 Å². The van der Waals surface area contributed by atoms with Crippen molar-refractivity contribution in [2.45, 2.75) is 25.7 Å². The third-order valence-corrected chi connectivity index (χ3v) is 7.41. The number of rotatable bonds is 4. The van der Waals surface area contributed by atoms with Crippen molar-refractivity contribution in [1.82, 2.24) is 35.5 Å². The Kier molecular flexibility index (Phi) is 4.62. The Balaban J connectivity index is 1.44. The molecule has 160 valence electrons. The molecular weight excluding hydrogens is 418 g/mol. The number of pyridine rings is 2. The fraction of sp³-hybridized carbons (Fsp3) is 0.250. The molecule has 3 N–H and O–H groups in total. The van der Waals surface area contributed by atoms with Gasteiger partial charge in [0.05, 0.1) is 17.2 Å². The SMILES string of the molecule is C=C(C)c1ccc(-c2ccnc3nc(-c4n[nH]c5cnc(C6CCNCC6)cc45)[nH]c23)s1. The summed E-state index contributed by atoms with van der Waals surface area (Å²) >= 11 is 1.73. The third-order valence-electron chi connectivity index (χ3n) is 6.13. The number of hydrogen-bond donors (Lipinski definition) is 3. The van der Waals surface area contributed by atoms with Crippen molar-refractivity contribution in [2.24, 2.45) is 0 Å². The van der Waals surface area contributed by atoms with Gasteiger partial charge in [0.1, 0.15) is 5.69 Å². The molecule has 5 aromatic heterocycles. The van der Waals surface area contributed by atoms with E-state index in [0.29, 0.717) is 17.4 Å². The summed E-state index contributed by atoms with van der Waals surface area (Å²) in [7, 11) is 0. The largest absolute Gasteiger partial charge is 0.335 e. The molecule has 0 aliphatic carbocycles. The van der Waals surface area contributed by atoms with Gasteiger partial charge in [0.25, 0.3) is 0 Å². The number of thiophene rings is 1. The fourth-order valence-corrected chi connectivity index (χ4v) is 5.36. The lowest BCUT2D eigenvalue weighted by Crippen LogP contribution is -2.27. The number of imidazole rings is 1. The number of nitrogens with zero attached hydrogens (tertiary/aromatic N) is 4. The molecule has 1 fully saturated rings. The highest BCUT2D eigenvalue weighted by Gasteiger charge is 2.20. The standard InChI is InChI=1S/C24H23N7S/c1-13(2)19-3-4-20(32-19)15-7-10-26-23-21(15)28-24(29-23)22-16-11-17(14-5-8-25-9-6-14)27-12-18(16)30-31-22/h3-4,7,10-12,14,25H,1,5-6,8-9H2,2H3,(H,30,31)(H,26,28,29). The van der Waals surface area contributed by atoms with Crippen LogP contribution >= 0.6 is 11.3 Å². The third kappa shape index (κ3) is 3.23. The van der Waals surface area contributed by atoms with E-state index >= 15 is 0 Å². The van der Waals surface area contributed by atoms with Gasteiger partial charge in [0.15, 0.2) is 11.5 Å². The van der Waals surface area contributed by atoms with Crippen molar-refractivity contribution in [3.63, 3.8) is 0 Å². The van der Waals surface area contributed by atoms with Crippen molar-refractivity contribution in [3.05, 3.63) is 53.8 Å². The van der Waals surface area contributed by atoms with Crippen LogP contribution in [0.25, 0.3) is 49.6 Å². The van der Waals surface area contributed by atoms with E-state index in [9.17, 15) is 0 Å². The van der Waals surface area contributed by atoms with Crippen molar-refractivity contribution in [1.29, 1.82) is 0 Å². The number of piperidine rings is 1. The molecule has 0 radical (unpaired) electrons. The van der Waals surface area contributed by atoms with Crippen LogP contribution in [0.15, 0.2) is 43.2 Å². The van der Waals surface area contributed by atoms with Crippen LogP contribution in [-0.4, -0.2) is 43.2 Å². The summed E-state index contributed by atoms with van der Waals surface area (Å²) in [6, 6.07) is 8.44. The zero-order chi connectivity index (χ0) is 21.7. The van der Waals surface area contributed by atoms with E-state index in [2.05, 4.69) is 50.3 Å². The van der Waals surface area contributed by atoms with Crippen LogP contribution in [-0.2, 0) is 0 Å². The molecule has 1 aliphatic rings. The second-order valence-electron chi connectivity index (χ2n) is 8.34. The van der Waals surface area contributed by atoms with Crippen LogP contribution in [0.3, 0.4) is 0 Å². The van der Waals surface area contributed by atoms with Gasteiger partial charge in [-0.1, -0.05) is 6.58 Å². The number of fused-ring (bicyclic) bond motifs is 2. The Morgan fingerprint density at radius 1 is 1.16 bits per heavy atom. The van der Waals surface area contributed by atoms with Gasteiger partial charge >= 0.3 is 0 Å². The lowest BCUT2D eigenvalue weighted by molar-refractivity contribution is 0.453. The number of aromatic amines is 2. The predicted molar refractivity (Wildman–Crippen MR) is 130 cm³/mol. The van der Waals surface area contributed by atoms with Gasteiger partial charge in [-0.05, 0) is 62.7 Å². The van der Waals surface area contributed by atoms with E-state index in [1.807, 2.05) is 25.4 Å². The molecular formula is C24H23N7S. The molecule has 0 spiro atoms. The molecule has 0 saturated carbocycles. The highest BCUT2D eigenvalue weighted by atomic mass is 32.1. The van der Waals surface area contributed by atoms with Crippen LogP contribution in [0.1, 0.15) is 36.3 Å². The quantitative estimate of drug-likeness (QED) is 0.360. The predicted octanol–water partition coefficient (Wildman–Crippen LogP) is 5.12. The molecule has 7 nitrogen and oxygen atoms in total. The summed E-state index contributed by atoms with van der Waals surface area (Å²) in [5, 5.41) is 12.1. The highest BCUT2D eigenvalue weighted by Crippen LogP contribution is 2.36. The van der Waals surface area contributed by atoms with E-state index in [0.717, 1.165) is 69.8 Å². The average Bonchev–Trinajstić information content (AvgIpc) is 3.56. The molecule has 1 saturated heterocycles. The fourth-order valence-electron chi connectivity index (χ4n) is 4.39. The van der Waals surface area contributed by atoms with Crippen molar-refractivity contribution >= 4 is 39.0 Å². The number of H-pyrrole nitrogens is 2. The zero-order valence-electron chi connectivity index (χ0n) is 17.8. The summed E-state index contributed by atoms with van der Waals surface area (Å²) in [5.41, 5.74) is 6.60. The summed E-state index contributed by atoms with van der Waals surface area (Å²) in [4.78, 5) is 19.8. The van der Waals surface area contributed by atoms with Crippen LogP contribution in [0, 0.1) is 0 Å². The Bertz CT molecular complexity index is 1450. The smallest absolute Gasteiger partial charge is 0.178 e. The van der Waals surface area contributed by atoms with E-state index in [1.54, 1.807) is 11.3 Å². The monoisotopic (exact) mass is 441 g/mol. The van der Waals surface area contributed by atoms with Crippen LogP contribution in [0.5, 0.6) is 0 Å². The number of aromatic nitrogens is 6. The van der Waals surface area contributed by atoms with Crippen LogP contribution in [0.2, 0.25) is 0 Å². The maximum Gasteiger partial charge on any atom is 0.178 e. The van der Waals surface area contributed by atoms with Crippen molar-refractivity contribution in [2.75, 3.05) is 13.1 Å². The van der Waals surface area contributed by atoms with Gasteiger partial charge < -0.3 is 10.3 Å².